The average molecular weight is 296 g/mol. The van der Waals surface area contributed by atoms with Gasteiger partial charge in [-0.2, -0.15) is 0 Å². The van der Waals surface area contributed by atoms with Crippen molar-refractivity contribution in [3.05, 3.63) is 28.1 Å². The fourth-order valence-electron chi connectivity index (χ4n) is 1.77. The van der Waals surface area contributed by atoms with Gasteiger partial charge in [0.05, 0.1) is 17.2 Å². The quantitative estimate of drug-likeness (QED) is 0.923. The maximum Gasteiger partial charge on any atom is 0.265 e. The summed E-state index contributed by atoms with van der Waals surface area (Å²) in [7, 11) is 0. The summed E-state index contributed by atoms with van der Waals surface area (Å²) in [5.41, 5.74) is 0.759. The Morgan fingerprint density at radius 3 is 2.89 bits per heavy atom. The van der Waals surface area contributed by atoms with Crippen LogP contribution in [0.15, 0.2) is 17.5 Å². The monoisotopic (exact) mass is 296 g/mol. The molecule has 2 aromatic heterocycles. The van der Waals surface area contributed by atoms with Gasteiger partial charge in [-0.25, -0.2) is 4.98 Å². The minimum atomic E-state index is -0.0469. The molecule has 0 saturated carbocycles. The number of aromatic nitrogens is 1. The molecule has 2 aromatic rings. The summed E-state index contributed by atoms with van der Waals surface area (Å²) in [5.74, 6) is -0.0469. The van der Waals surface area contributed by atoms with Crippen LogP contribution in [0.25, 0.3) is 9.88 Å². The second kappa shape index (κ2) is 6.27. The first-order chi connectivity index (χ1) is 9.17. The highest BCUT2D eigenvalue weighted by atomic mass is 32.1. The maximum absolute atomic E-state index is 12.4. The number of nitrogens with zero attached hydrogens (tertiary/aromatic N) is 2. The maximum atomic E-state index is 12.4. The topological polar surface area (TPSA) is 53.4 Å². The number of likely N-dealkylation sites (N-methyl/N-ethyl adjacent to an activating group) is 1. The number of aliphatic hydroxyl groups excluding tert-OH is 1. The van der Waals surface area contributed by atoms with Crippen LogP contribution < -0.4 is 0 Å². The van der Waals surface area contributed by atoms with Gasteiger partial charge in [-0.15, -0.1) is 22.7 Å². The summed E-state index contributed by atoms with van der Waals surface area (Å²) in [6.45, 7) is 4.69. The summed E-state index contributed by atoms with van der Waals surface area (Å²) < 4.78 is 0. The van der Waals surface area contributed by atoms with Gasteiger partial charge in [0.15, 0.2) is 0 Å². The average Bonchev–Trinajstić information content (AvgIpc) is 3.04. The Labute approximate surface area is 120 Å². The number of aryl methyl sites for hydroxylation is 1. The molecule has 0 saturated heterocycles. The molecule has 0 spiro atoms. The lowest BCUT2D eigenvalue weighted by Crippen LogP contribution is -2.33. The first kappa shape index (κ1) is 14.2. The third-order valence-corrected chi connectivity index (χ3v) is 4.95. The van der Waals surface area contributed by atoms with Gasteiger partial charge in [-0.05, 0) is 25.3 Å². The van der Waals surface area contributed by atoms with Crippen LogP contribution in [-0.2, 0) is 0 Å². The zero-order chi connectivity index (χ0) is 13.8. The van der Waals surface area contributed by atoms with E-state index in [4.69, 9.17) is 5.11 Å². The molecule has 6 heteroatoms. The molecule has 2 rings (SSSR count). The van der Waals surface area contributed by atoms with Gasteiger partial charge in [-0.1, -0.05) is 6.07 Å². The molecule has 0 aromatic carbocycles. The summed E-state index contributed by atoms with van der Waals surface area (Å²) in [4.78, 5) is 20.2. The van der Waals surface area contributed by atoms with E-state index in [9.17, 15) is 4.79 Å². The fraction of sp³-hybridized carbons (Fsp3) is 0.385. The first-order valence-electron chi connectivity index (χ1n) is 6.08. The molecule has 0 unspecified atom stereocenters. The SMILES string of the molecule is CCN(CCO)C(=O)c1sc(-c2cccs2)nc1C. The van der Waals surface area contributed by atoms with Crippen LogP contribution >= 0.6 is 22.7 Å². The highest BCUT2D eigenvalue weighted by Gasteiger charge is 2.20. The lowest BCUT2D eigenvalue weighted by molar-refractivity contribution is 0.0736. The van der Waals surface area contributed by atoms with Crippen molar-refractivity contribution in [2.45, 2.75) is 13.8 Å². The Bertz CT molecular complexity index is 549. The van der Waals surface area contributed by atoms with Crippen LogP contribution in [0.2, 0.25) is 0 Å². The van der Waals surface area contributed by atoms with Gasteiger partial charge in [0, 0.05) is 13.1 Å². The number of thiazole rings is 1. The smallest absolute Gasteiger partial charge is 0.265 e. The lowest BCUT2D eigenvalue weighted by atomic mass is 10.3. The second-order valence-electron chi connectivity index (χ2n) is 4.02. The molecule has 4 nitrogen and oxygen atoms in total. The Kier molecular flexibility index (Phi) is 4.68. The van der Waals surface area contributed by atoms with Crippen molar-refractivity contribution in [2.75, 3.05) is 19.7 Å². The molecule has 102 valence electrons. The van der Waals surface area contributed by atoms with E-state index in [1.807, 2.05) is 31.4 Å². The molecule has 19 heavy (non-hydrogen) atoms. The van der Waals surface area contributed by atoms with E-state index in [1.165, 1.54) is 11.3 Å². The highest BCUT2D eigenvalue weighted by Crippen LogP contribution is 2.31. The van der Waals surface area contributed by atoms with E-state index < -0.39 is 0 Å². The first-order valence-corrected chi connectivity index (χ1v) is 7.78. The van der Waals surface area contributed by atoms with E-state index in [-0.39, 0.29) is 12.5 Å². The molecule has 0 aliphatic heterocycles. The van der Waals surface area contributed by atoms with Gasteiger partial charge in [-0.3, -0.25) is 4.79 Å². The van der Waals surface area contributed by atoms with Crippen molar-refractivity contribution >= 4 is 28.6 Å². The molecular weight excluding hydrogens is 280 g/mol. The molecule has 0 atom stereocenters. The molecular formula is C13H16N2O2S2. The minimum absolute atomic E-state index is 0.0186. The standard InChI is InChI=1S/C13H16N2O2S2/c1-3-15(6-7-16)13(17)11-9(2)14-12(19-11)10-5-4-8-18-10/h4-5,8,16H,3,6-7H2,1-2H3. The number of carbonyl (C=O) groups excluding carboxylic acids is 1. The molecule has 1 N–H and O–H groups in total. The summed E-state index contributed by atoms with van der Waals surface area (Å²) >= 11 is 3.04. The van der Waals surface area contributed by atoms with Gasteiger partial charge in [0.2, 0.25) is 0 Å². The van der Waals surface area contributed by atoms with E-state index in [0.29, 0.717) is 18.0 Å². The molecule has 0 aliphatic carbocycles. The molecule has 0 bridgehead atoms. The highest BCUT2D eigenvalue weighted by molar-refractivity contribution is 7.22. The van der Waals surface area contributed by atoms with E-state index >= 15 is 0 Å². The minimum Gasteiger partial charge on any atom is -0.395 e. The van der Waals surface area contributed by atoms with Crippen molar-refractivity contribution in [2.24, 2.45) is 0 Å². The van der Waals surface area contributed by atoms with Crippen molar-refractivity contribution in [3.8, 4) is 9.88 Å². The number of thiophene rings is 1. The Balaban J connectivity index is 2.28. The number of carbonyl (C=O) groups is 1. The number of amides is 1. The van der Waals surface area contributed by atoms with E-state index in [0.717, 1.165) is 15.6 Å². The van der Waals surface area contributed by atoms with Gasteiger partial charge in [0.25, 0.3) is 5.91 Å². The third kappa shape index (κ3) is 3.02. The molecule has 0 fully saturated rings. The van der Waals surface area contributed by atoms with Gasteiger partial charge >= 0.3 is 0 Å². The van der Waals surface area contributed by atoms with E-state index in [1.54, 1.807) is 16.2 Å². The van der Waals surface area contributed by atoms with Gasteiger partial charge in [0.1, 0.15) is 9.88 Å². The number of rotatable bonds is 5. The van der Waals surface area contributed by atoms with Crippen molar-refractivity contribution in [3.63, 3.8) is 0 Å². The van der Waals surface area contributed by atoms with Crippen molar-refractivity contribution in [1.29, 1.82) is 0 Å². The van der Waals surface area contributed by atoms with Crippen LogP contribution in [0, 0.1) is 6.92 Å². The number of aliphatic hydroxyl groups is 1. The summed E-state index contributed by atoms with van der Waals surface area (Å²) in [6.07, 6.45) is 0. The van der Waals surface area contributed by atoms with Crippen LogP contribution in [-0.4, -0.2) is 40.6 Å². The van der Waals surface area contributed by atoms with Crippen LogP contribution in [0.4, 0.5) is 0 Å². The van der Waals surface area contributed by atoms with Crippen molar-refractivity contribution < 1.29 is 9.90 Å². The van der Waals surface area contributed by atoms with Crippen LogP contribution in [0.5, 0.6) is 0 Å². The second-order valence-corrected chi connectivity index (χ2v) is 5.97. The zero-order valence-electron chi connectivity index (χ0n) is 10.9. The van der Waals surface area contributed by atoms with Crippen LogP contribution in [0.3, 0.4) is 0 Å². The van der Waals surface area contributed by atoms with E-state index in [2.05, 4.69) is 4.98 Å². The number of hydrogen-bond acceptors (Lipinski definition) is 5. The van der Waals surface area contributed by atoms with Gasteiger partial charge < -0.3 is 10.0 Å². The zero-order valence-corrected chi connectivity index (χ0v) is 12.6. The normalized spacial score (nSPS) is 10.7. The predicted molar refractivity (Wildman–Crippen MR) is 78.8 cm³/mol. The molecule has 1 amide bonds. The van der Waals surface area contributed by atoms with Crippen molar-refractivity contribution in [1.82, 2.24) is 9.88 Å². The summed E-state index contributed by atoms with van der Waals surface area (Å²) in [5, 5.41) is 11.9. The molecule has 2 heterocycles. The largest absolute Gasteiger partial charge is 0.395 e. The Hall–Kier alpha value is -1.24. The predicted octanol–water partition coefficient (Wildman–Crippen LogP) is 2.63. The lowest BCUT2D eigenvalue weighted by Gasteiger charge is -2.18. The number of hydrogen-bond donors (Lipinski definition) is 1. The summed E-state index contributed by atoms with van der Waals surface area (Å²) in [6, 6.07) is 3.98. The van der Waals surface area contributed by atoms with Crippen LogP contribution in [0.1, 0.15) is 22.3 Å². The molecule has 0 aliphatic rings. The Morgan fingerprint density at radius 2 is 2.32 bits per heavy atom. The fourth-order valence-corrected chi connectivity index (χ4v) is 3.60. The molecule has 0 radical (unpaired) electrons. The third-order valence-electron chi connectivity index (χ3n) is 2.76. The Morgan fingerprint density at radius 1 is 1.53 bits per heavy atom.